The molecule has 0 fully saturated rings. The molecule has 9 nitrogen and oxygen atoms in total. The topological polar surface area (TPSA) is 120 Å². The molecule has 0 radical (unpaired) electrons. The smallest absolute Gasteiger partial charge is 0.311 e. The molecule has 1 aliphatic carbocycles. The van der Waals surface area contributed by atoms with Crippen LogP contribution in [0.1, 0.15) is 24.0 Å². The first-order valence-electron chi connectivity index (χ1n) is 9.77. The van der Waals surface area contributed by atoms with E-state index in [0.29, 0.717) is 36.5 Å². The highest BCUT2D eigenvalue weighted by Crippen LogP contribution is 2.38. The number of carbonyl (C=O) groups is 2. The van der Waals surface area contributed by atoms with Crippen LogP contribution in [0.4, 0.5) is 5.95 Å². The minimum Gasteiger partial charge on any atom is -0.493 e. The third kappa shape index (κ3) is 5.11. The van der Waals surface area contributed by atoms with Gasteiger partial charge in [-0.05, 0) is 36.1 Å². The van der Waals surface area contributed by atoms with Gasteiger partial charge in [0.2, 0.25) is 17.6 Å². The molecule has 3 rings (SSSR count). The first-order valence-corrected chi connectivity index (χ1v) is 9.77. The van der Waals surface area contributed by atoms with Gasteiger partial charge in [0.05, 0.1) is 33.2 Å². The Balaban J connectivity index is 1.70. The lowest BCUT2D eigenvalue weighted by atomic mass is 9.83. The minimum absolute atomic E-state index is 0.136. The van der Waals surface area contributed by atoms with Crippen LogP contribution in [0.5, 0.6) is 17.2 Å². The largest absolute Gasteiger partial charge is 0.493 e. The summed E-state index contributed by atoms with van der Waals surface area (Å²) in [6.45, 7) is 0. The number of hydrogen-bond acceptors (Lipinski definition) is 7. The van der Waals surface area contributed by atoms with Gasteiger partial charge in [-0.15, -0.1) is 0 Å². The van der Waals surface area contributed by atoms with Crippen molar-refractivity contribution in [1.29, 1.82) is 0 Å². The maximum absolute atomic E-state index is 12.5. The van der Waals surface area contributed by atoms with Gasteiger partial charge in [0.25, 0.3) is 0 Å². The van der Waals surface area contributed by atoms with Crippen molar-refractivity contribution >= 4 is 17.8 Å². The fourth-order valence-electron chi connectivity index (χ4n) is 3.57. The van der Waals surface area contributed by atoms with Crippen molar-refractivity contribution in [2.45, 2.75) is 19.3 Å². The van der Waals surface area contributed by atoms with E-state index in [9.17, 15) is 14.7 Å². The third-order valence-electron chi connectivity index (χ3n) is 5.12. The first-order chi connectivity index (χ1) is 15.0. The minimum atomic E-state index is -1.02. The molecule has 9 heteroatoms. The summed E-state index contributed by atoms with van der Waals surface area (Å²) in [5.74, 6) is -1.14. The Morgan fingerprint density at radius 2 is 1.71 bits per heavy atom. The number of anilines is 1. The second-order valence-electron chi connectivity index (χ2n) is 7.09. The third-order valence-corrected chi connectivity index (χ3v) is 5.12. The molecule has 31 heavy (non-hydrogen) atoms. The van der Waals surface area contributed by atoms with Crippen LogP contribution in [0.25, 0.3) is 0 Å². The molecule has 1 aromatic carbocycles. The molecule has 0 aliphatic heterocycles. The highest BCUT2D eigenvalue weighted by atomic mass is 16.5. The Bertz CT molecular complexity index is 949. The first kappa shape index (κ1) is 22.1. The van der Waals surface area contributed by atoms with Crippen molar-refractivity contribution < 1.29 is 28.9 Å². The second kappa shape index (κ2) is 9.92. The molecule has 1 aromatic heterocycles. The van der Waals surface area contributed by atoms with E-state index in [2.05, 4.69) is 15.3 Å². The van der Waals surface area contributed by atoms with Crippen molar-refractivity contribution in [1.82, 2.24) is 9.97 Å². The van der Waals surface area contributed by atoms with Crippen molar-refractivity contribution in [3.8, 4) is 17.2 Å². The fourth-order valence-corrected chi connectivity index (χ4v) is 3.57. The predicted octanol–water partition coefficient (Wildman–Crippen LogP) is 2.70. The Labute approximate surface area is 180 Å². The fraction of sp³-hybridized carbons (Fsp3) is 0.364. The maximum atomic E-state index is 12.5. The summed E-state index contributed by atoms with van der Waals surface area (Å²) in [7, 11) is 4.65. The van der Waals surface area contributed by atoms with Crippen LogP contribution < -0.4 is 19.5 Å². The average Bonchev–Trinajstić information content (AvgIpc) is 2.79. The van der Waals surface area contributed by atoms with Crippen LogP contribution in [-0.2, 0) is 16.0 Å². The van der Waals surface area contributed by atoms with Gasteiger partial charge in [0, 0.05) is 18.8 Å². The number of methoxy groups -OCH3 is 3. The van der Waals surface area contributed by atoms with Crippen LogP contribution in [-0.4, -0.2) is 48.3 Å². The maximum Gasteiger partial charge on any atom is 0.311 e. The monoisotopic (exact) mass is 427 g/mol. The predicted molar refractivity (Wildman–Crippen MR) is 113 cm³/mol. The van der Waals surface area contributed by atoms with Crippen molar-refractivity contribution in [2.24, 2.45) is 11.8 Å². The molecule has 2 atom stereocenters. The Morgan fingerprint density at radius 1 is 1.06 bits per heavy atom. The number of nitrogens with zero attached hydrogens (tertiary/aromatic N) is 2. The Morgan fingerprint density at radius 3 is 2.26 bits per heavy atom. The second-order valence-corrected chi connectivity index (χ2v) is 7.09. The molecular formula is C22H25N3O6. The summed E-state index contributed by atoms with van der Waals surface area (Å²) in [5, 5.41) is 11.9. The van der Waals surface area contributed by atoms with E-state index < -0.39 is 23.7 Å². The Kier molecular flexibility index (Phi) is 7.07. The van der Waals surface area contributed by atoms with Crippen LogP contribution in [0.3, 0.4) is 0 Å². The number of ether oxygens (including phenoxy) is 3. The summed E-state index contributed by atoms with van der Waals surface area (Å²) in [5.41, 5.74) is 1.73. The van der Waals surface area contributed by atoms with Gasteiger partial charge in [-0.2, -0.15) is 0 Å². The number of carboxylic acids is 1. The van der Waals surface area contributed by atoms with Crippen molar-refractivity contribution in [3.05, 3.63) is 47.8 Å². The standard InChI is InChI=1S/C22H25N3O6/c1-29-17-9-13(10-18(30-2)19(17)31-3)8-14-11-23-22(24-12-14)25-20(26)15-6-4-5-7-16(15)21(27)28/h5,7,9-12,15-16H,4,6,8H2,1-3H3,(H,27,28)(H,23,24,25,26). The summed E-state index contributed by atoms with van der Waals surface area (Å²) in [4.78, 5) is 32.3. The number of carbonyl (C=O) groups excluding carboxylic acids is 1. The number of amides is 1. The van der Waals surface area contributed by atoms with Gasteiger partial charge in [-0.3, -0.25) is 14.9 Å². The molecule has 2 unspecified atom stereocenters. The number of benzene rings is 1. The summed E-state index contributed by atoms with van der Waals surface area (Å²) in [6.07, 6.45) is 8.23. The van der Waals surface area contributed by atoms with Crippen LogP contribution in [0.2, 0.25) is 0 Å². The summed E-state index contributed by atoms with van der Waals surface area (Å²) in [6, 6.07) is 3.69. The van der Waals surface area contributed by atoms with Crippen molar-refractivity contribution in [2.75, 3.05) is 26.6 Å². The zero-order valence-corrected chi connectivity index (χ0v) is 17.6. The molecular weight excluding hydrogens is 402 g/mol. The normalized spacial score (nSPS) is 17.6. The summed E-state index contributed by atoms with van der Waals surface area (Å²) >= 11 is 0. The van der Waals surface area contributed by atoms with Crippen molar-refractivity contribution in [3.63, 3.8) is 0 Å². The molecule has 0 saturated carbocycles. The van der Waals surface area contributed by atoms with E-state index >= 15 is 0 Å². The molecule has 1 heterocycles. The molecule has 0 bridgehead atoms. The van der Waals surface area contributed by atoms with E-state index in [1.165, 1.54) is 0 Å². The van der Waals surface area contributed by atoms with Gasteiger partial charge in [0.1, 0.15) is 0 Å². The zero-order chi connectivity index (χ0) is 22.4. The van der Waals surface area contributed by atoms with E-state index in [4.69, 9.17) is 14.2 Å². The molecule has 1 amide bonds. The van der Waals surface area contributed by atoms with Crippen LogP contribution in [0.15, 0.2) is 36.7 Å². The van der Waals surface area contributed by atoms with Crippen LogP contribution >= 0.6 is 0 Å². The zero-order valence-electron chi connectivity index (χ0n) is 17.6. The number of allylic oxidation sites excluding steroid dienone is 1. The quantitative estimate of drug-likeness (QED) is 0.617. The lowest BCUT2D eigenvalue weighted by Crippen LogP contribution is -2.34. The van der Waals surface area contributed by atoms with Gasteiger partial charge < -0.3 is 19.3 Å². The molecule has 2 aromatic rings. The highest BCUT2D eigenvalue weighted by Gasteiger charge is 2.33. The average molecular weight is 427 g/mol. The number of nitrogens with one attached hydrogen (secondary N) is 1. The molecule has 0 spiro atoms. The number of aliphatic carboxylic acids is 1. The molecule has 0 saturated heterocycles. The number of aromatic nitrogens is 2. The summed E-state index contributed by atoms with van der Waals surface area (Å²) < 4.78 is 16.1. The van der Waals surface area contributed by atoms with Gasteiger partial charge in [-0.25, -0.2) is 9.97 Å². The number of rotatable bonds is 8. The molecule has 164 valence electrons. The van der Waals surface area contributed by atoms with Gasteiger partial charge in [-0.1, -0.05) is 12.2 Å². The van der Waals surface area contributed by atoms with E-state index in [1.807, 2.05) is 12.1 Å². The Hall–Kier alpha value is -3.62. The van der Waals surface area contributed by atoms with E-state index in [0.717, 1.165) is 11.1 Å². The lowest BCUT2D eigenvalue weighted by Gasteiger charge is -2.23. The lowest BCUT2D eigenvalue weighted by molar-refractivity contribution is -0.144. The van der Waals surface area contributed by atoms with Gasteiger partial charge >= 0.3 is 5.97 Å². The molecule has 2 N–H and O–H groups in total. The van der Waals surface area contributed by atoms with Gasteiger partial charge in [0.15, 0.2) is 11.5 Å². The van der Waals surface area contributed by atoms with E-state index in [-0.39, 0.29) is 5.95 Å². The number of hydrogen-bond donors (Lipinski definition) is 2. The van der Waals surface area contributed by atoms with Crippen LogP contribution in [0, 0.1) is 11.8 Å². The van der Waals surface area contributed by atoms with E-state index in [1.54, 1.807) is 45.9 Å². The number of carboxylic acid groups (broad SMARTS) is 1. The highest BCUT2D eigenvalue weighted by molar-refractivity contribution is 5.94. The molecule has 1 aliphatic rings. The SMILES string of the molecule is COc1cc(Cc2cnc(NC(=O)C3CCC=CC3C(=O)O)nc2)cc(OC)c1OC.